The van der Waals surface area contributed by atoms with Gasteiger partial charge in [0.1, 0.15) is 0 Å². The number of allylic oxidation sites excluding steroid dienone is 2. The first-order valence-electron chi connectivity index (χ1n) is 7.13. The molecule has 18 heavy (non-hydrogen) atoms. The Balaban J connectivity index is 1.85. The summed E-state index contributed by atoms with van der Waals surface area (Å²) in [5.74, 6) is 1.58. The van der Waals surface area contributed by atoms with E-state index < -0.39 is 0 Å². The third kappa shape index (κ3) is 3.69. The zero-order valence-corrected chi connectivity index (χ0v) is 12.6. The number of hydrogen-bond acceptors (Lipinski definition) is 2. The van der Waals surface area contributed by atoms with Crippen LogP contribution in [-0.4, -0.2) is 6.54 Å². The van der Waals surface area contributed by atoms with Gasteiger partial charge in [-0.3, -0.25) is 0 Å². The quantitative estimate of drug-likeness (QED) is 0.754. The molecule has 0 saturated heterocycles. The molecule has 3 atom stereocenters. The van der Waals surface area contributed by atoms with E-state index in [2.05, 4.69) is 49.7 Å². The summed E-state index contributed by atoms with van der Waals surface area (Å²) in [4.78, 5) is 1.48. The average molecular weight is 263 g/mol. The van der Waals surface area contributed by atoms with Gasteiger partial charge in [0, 0.05) is 10.9 Å². The fraction of sp³-hybridized carbons (Fsp3) is 0.625. The lowest BCUT2D eigenvalue weighted by molar-refractivity contribution is 0.360. The van der Waals surface area contributed by atoms with Crippen molar-refractivity contribution in [3.63, 3.8) is 0 Å². The third-order valence-corrected chi connectivity index (χ3v) is 4.82. The van der Waals surface area contributed by atoms with Crippen molar-refractivity contribution in [1.29, 1.82) is 0 Å². The Morgan fingerprint density at radius 2 is 2.33 bits per heavy atom. The third-order valence-electron chi connectivity index (χ3n) is 3.83. The Morgan fingerprint density at radius 1 is 1.50 bits per heavy atom. The molecule has 0 saturated carbocycles. The predicted molar refractivity (Wildman–Crippen MR) is 81.0 cm³/mol. The molecule has 0 aliphatic heterocycles. The number of hydrogen-bond donors (Lipinski definition) is 1. The van der Waals surface area contributed by atoms with E-state index in [0.717, 1.165) is 18.4 Å². The first kappa shape index (κ1) is 13.8. The molecule has 0 spiro atoms. The van der Waals surface area contributed by atoms with Crippen LogP contribution >= 0.6 is 11.3 Å². The number of nitrogens with one attached hydrogen (secondary N) is 1. The lowest BCUT2D eigenvalue weighted by Crippen LogP contribution is -2.29. The fourth-order valence-corrected chi connectivity index (χ4v) is 3.97. The van der Waals surface area contributed by atoms with Gasteiger partial charge in [0.2, 0.25) is 0 Å². The van der Waals surface area contributed by atoms with Gasteiger partial charge in [-0.25, -0.2) is 0 Å². The van der Waals surface area contributed by atoms with E-state index in [-0.39, 0.29) is 0 Å². The van der Waals surface area contributed by atoms with E-state index in [1.54, 1.807) is 5.57 Å². The van der Waals surface area contributed by atoms with Gasteiger partial charge in [-0.1, -0.05) is 31.6 Å². The lowest BCUT2D eigenvalue weighted by atomic mass is 9.83. The summed E-state index contributed by atoms with van der Waals surface area (Å²) in [5, 5.41) is 5.94. The van der Waals surface area contributed by atoms with E-state index in [1.165, 1.54) is 24.1 Å². The smallest absolute Gasteiger partial charge is 0.0412 e. The van der Waals surface area contributed by atoms with Gasteiger partial charge in [-0.05, 0) is 56.0 Å². The molecule has 1 aromatic rings. The second kappa shape index (κ2) is 6.53. The first-order chi connectivity index (χ1) is 8.69. The molecule has 2 rings (SSSR count). The zero-order chi connectivity index (χ0) is 13.0. The van der Waals surface area contributed by atoms with E-state index in [9.17, 15) is 0 Å². The van der Waals surface area contributed by atoms with Gasteiger partial charge in [0.25, 0.3) is 0 Å². The molecule has 0 radical (unpaired) electrons. The van der Waals surface area contributed by atoms with E-state index >= 15 is 0 Å². The number of rotatable bonds is 5. The fourth-order valence-electron chi connectivity index (χ4n) is 3.09. The van der Waals surface area contributed by atoms with Crippen molar-refractivity contribution in [2.24, 2.45) is 11.8 Å². The normalized spacial score (nSPS) is 25.8. The van der Waals surface area contributed by atoms with Crippen LogP contribution in [0.4, 0.5) is 0 Å². The minimum atomic E-state index is 0.548. The van der Waals surface area contributed by atoms with Crippen molar-refractivity contribution in [1.82, 2.24) is 5.32 Å². The molecule has 2 heteroatoms. The molecule has 1 N–H and O–H groups in total. The Morgan fingerprint density at radius 3 is 2.94 bits per heavy atom. The molecule has 100 valence electrons. The average Bonchev–Trinajstić information content (AvgIpc) is 2.82. The highest BCUT2D eigenvalue weighted by Crippen LogP contribution is 2.28. The summed E-state index contributed by atoms with van der Waals surface area (Å²) >= 11 is 1.87. The van der Waals surface area contributed by atoms with Crippen LogP contribution in [0.2, 0.25) is 0 Å². The van der Waals surface area contributed by atoms with Crippen LogP contribution in [-0.2, 0) is 0 Å². The topological polar surface area (TPSA) is 12.0 Å². The Labute approximate surface area is 115 Å². The van der Waals surface area contributed by atoms with E-state index in [0.29, 0.717) is 6.04 Å². The number of thiophene rings is 1. The van der Waals surface area contributed by atoms with Crippen LogP contribution in [0.3, 0.4) is 0 Å². The summed E-state index contributed by atoms with van der Waals surface area (Å²) in [5.41, 5.74) is 1.57. The van der Waals surface area contributed by atoms with Gasteiger partial charge in [0.05, 0.1) is 0 Å². The van der Waals surface area contributed by atoms with Crippen molar-refractivity contribution in [3.8, 4) is 0 Å². The minimum absolute atomic E-state index is 0.548. The molecule has 1 aromatic heterocycles. The van der Waals surface area contributed by atoms with Gasteiger partial charge >= 0.3 is 0 Å². The second-order valence-corrected chi connectivity index (χ2v) is 6.66. The lowest BCUT2D eigenvalue weighted by Gasteiger charge is -2.27. The van der Waals surface area contributed by atoms with Gasteiger partial charge < -0.3 is 5.32 Å². The van der Waals surface area contributed by atoms with Crippen LogP contribution in [0, 0.1) is 11.8 Å². The van der Waals surface area contributed by atoms with Crippen LogP contribution < -0.4 is 5.32 Å². The molecule has 1 heterocycles. The predicted octanol–water partition coefficient (Wildman–Crippen LogP) is 4.78. The summed E-state index contributed by atoms with van der Waals surface area (Å²) in [6, 6.07) is 4.95. The van der Waals surface area contributed by atoms with Crippen molar-refractivity contribution in [2.75, 3.05) is 6.54 Å². The highest BCUT2D eigenvalue weighted by molar-refractivity contribution is 7.10. The molecular weight excluding hydrogens is 238 g/mol. The molecule has 3 unspecified atom stereocenters. The SMILES string of the molecule is CCC(NCC1CC(C)=CC(C)C1)c1cccs1. The van der Waals surface area contributed by atoms with Crippen molar-refractivity contribution in [3.05, 3.63) is 34.0 Å². The Hall–Kier alpha value is -0.600. The maximum atomic E-state index is 3.77. The minimum Gasteiger partial charge on any atom is -0.309 e. The molecule has 0 amide bonds. The molecule has 0 aromatic carbocycles. The highest BCUT2D eigenvalue weighted by atomic mass is 32.1. The highest BCUT2D eigenvalue weighted by Gasteiger charge is 2.19. The summed E-state index contributed by atoms with van der Waals surface area (Å²) < 4.78 is 0. The van der Waals surface area contributed by atoms with Crippen molar-refractivity contribution in [2.45, 2.75) is 46.1 Å². The summed E-state index contributed by atoms with van der Waals surface area (Å²) in [7, 11) is 0. The largest absolute Gasteiger partial charge is 0.309 e. The summed E-state index contributed by atoms with van der Waals surface area (Å²) in [6.45, 7) is 8.05. The molecular formula is C16H25NS. The van der Waals surface area contributed by atoms with Crippen LogP contribution in [0.1, 0.15) is 51.0 Å². The maximum Gasteiger partial charge on any atom is 0.0412 e. The molecule has 1 aliphatic rings. The van der Waals surface area contributed by atoms with E-state index in [1.807, 2.05) is 11.3 Å². The van der Waals surface area contributed by atoms with Crippen molar-refractivity contribution < 1.29 is 0 Å². The Kier molecular flexibility index (Phi) is 5.02. The van der Waals surface area contributed by atoms with Gasteiger partial charge in [-0.15, -0.1) is 11.3 Å². The van der Waals surface area contributed by atoms with Crippen LogP contribution in [0.15, 0.2) is 29.2 Å². The van der Waals surface area contributed by atoms with Crippen LogP contribution in [0.5, 0.6) is 0 Å². The molecule has 0 bridgehead atoms. The molecule has 1 aliphatic carbocycles. The molecule has 0 fully saturated rings. The molecule has 1 nitrogen and oxygen atoms in total. The second-order valence-electron chi connectivity index (χ2n) is 5.68. The first-order valence-corrected chi connectivity index (χ1v) is 8.01. The summed E-state index contributed by atoms with van der Waals surface area (Å²) in [6.07, 6.45) is 6.23. The maximum absolute atomic E-state index is 3.77. The zero-order valence-electron chi connectivity index (χ0n) is 11.8. The van der Waals surface area contributed by atoms with Gasteiger partial charge in [0.15, 0.2) is 0 Å². The van der Waals surface area contributed by atoms with E-state index in [4.69, 9.17) is 0 Å². The van der Waals surface area contributed by atoms with Gasteiger partial charge in [-0.2, -0.15) is 0 Å². The van der Waals surface area contributed by atoms with Crippen LogP contribution in [0.25, 0.3) is 0 Å². The standard InChI is InChI=1S/C16H25NS/c1-4-15(16-6-5-7-18-16)17-11-14-9-12(2)8-13(3)10-14/h5-8,12,14-15,17H,4,9-11H2,1-3H3. The monoisotopic (exact) mass is 263 g/mol. The van der Waals surface area contributed by atoms with Crippen molar-refractivity contribution >= 4 is 11.3 Å². The Bertz CT molecular complexity index is 380.